The van der Waals surface area contributed by atoms with Crippen LogP contribution in [0.25, 0.3) is 11.2 Å². The molecule has 1 fully saturated rings. The summed E-state index contributed by atoms with van der Waals surface area (Å²) in [6.07, 6.45) is -1.52. The fraction of sp³-hybridized carbons (Fsp3) is 0.421. The molecule has 4 rings (SSSR count). The molecule has 1 aliphatic rings. The fourth-order valence-electron chi connectivity index (χ4n) is 3.31. The van der Waals surface area contributed by atoms with Crippen LogP contribution in [0.15, 0.2) is 43.0 Å². The molecule has 1 unspecified atom stereocenters. The summed E-state index contributed by atoms with van der Waals surface area (Å²) in [6.45, 7) is 1.43. The summed E-state index contributed by atoms with van der Waals surface area (Å²) in [5.41, 5.74) is 13.2. The van der Waals surface area contributed by atoms with Gasteiger partial charge in [0.2, 0.25) is 0 Å². The van der Waals surface area contributed by atoms with E-state index in [0.717, 1.165) is 6.42 Å². The lowest BCUT2D eigenvalue weighted by atomic mass is 10.1. The Balaban J connectivity index is 0.000000257. The summed E-state index contributed by atoms with van der Waals surface area (Å²) >= 11 is 0. The van der Waals surface area contributed by atoms with E-state index in [2.05, 4.69) is 31.6 Å². The molecule has 33 heavy (non-hydrogen) atoms. The van der Waals surface area contributed by atoms with E-state index in [1.165, 1.54) is 22.8 Å². The van der Waals surface area contributed by atoms with Gasteiger partial charge in [0, 0.05) is 6.04 Å². The average Bonchev–Trinajstić information content (AvgIpc) is 3.29. The van der Waals surface area contributed by atoms with E-state index in [1.54, 1.807) is 0 Å². The second kappa shape index (κ2) is 10.6. The third-order valence-corrected chi connectivity index (χ3v) is 5.29. The van der Waals surface area contributed by atoms with Gasteiger partial charge in [-0.1, -0.05) is 30.3 Å². The Labute approximate surface area is 189 Å². The number of phosphoric ester groups is 1. The first kappa shape index (κ1) is 25.1. The van der Waals surface area contributed by atoms with Crippen LogP contribution in [0.4, 0.5) is 5.82 Å². The molecule has 8 N–H and O–H groups in total. The van der Waals surface area contributed by atoms with Crippen LogP contribution in [0.5, 0.6) is 0 Å². The highest BCUT2D eigenvalue weighted by molar-refractivity contribution is 7.46. The number of hydrogen-bond acceptors (Lipinski definition) is 10. The second-order valence-corrected chi connectivity index (χ2v) is 8.82. The van der Waals surface area contributed by atoms with Crippen molar-refractivity contribution in [1.82, 2.24) is 19.5 Å². The number of ether oxygens (including phenoxy) is 1. The number of fused-ring (bicyclic) bond motifs is 1. The zero-order valence-corrected chi connectivity index (χ0v) is 18.6. The predicted octanol–water partition coefficient (Wildman–Crippen LogP) is -0.287. The number of phosphoric acid groups is 1. The van der Waals surface area contributed by atoms with Crippen LogP contribution < -0.4 is 11.5 Å². The Kier molecular flexibility index (Phi) is 8.10. The third kappa shape index (κ3) is 6.53. The van der Waals surface area contributed by atoms with Crippen molar-refractivity contribution in [2.45, 2.75) is 43.9 Å². The molecule has 1 saturated heterocycles. The summed E-state index contributed by atoms with van der Waals surface area (Å²) in [5.74, 6) is 0.142. The number of aliphatic hydroxyl groups excluding tert-OH is 2. The molecular formula is C19H27N6O7P. The van der Waals surface area contributed by atoms with Gasteiger partial charge in [0.05, 0.1) is 12.9 Å². The highest BCUT2D eigenvalue weighted by atomic mass is 31.2. The minimum absolute atomic E-state index is 0.142. The highest BCUT2D eigenvalue weighted by Crippen LogP contribution is 2.38. The number of hydrogen-bond donors (Lipinski definition) is 6. The Hall–Kier alpha value is -2.48. The van der Waals surface area contributed by atoms with E-state index in [4.69, 9.17) is 26.0 Å². The molecule has 180 valence electrons. The van der Waals surface area contributed by atoms with Gasteiger partial charge in [-0.25, -0.2) is 19.5 Å². The van der Waals surface area contributed by atoms with Crippen LogP contribution in [0, 0.1) is 0 Å². The van der Waals surface area contributed by atoms with E-state index in [-0.39, 0.29) is 17.5 Å². The Morgan fingerprint density at radius 3 is 2.52 bits per heavy atom. The smallest absolute Gasteiger partial charge is 0.387 e. The number of benzene rings is 1. The molecule has 1 aliphatic heterocycles. The molecule has 3 heterocycles. The molecule has 0 radical (unpaired) electrons. The van der Waals surface area contributed by atoms with Crippen molar-refractivity contribution < 1.29 is 33.8 Å². The second-order valence-electron chi connectivity index (χ2n) is 7.58. The molecule has 0 bridgehead atoms. The first-order valence-electron chi connectivity index (χ1n) is 10.0. The minimum atomic E-state index is -4.72. The number of aromatic nitrogens is 4. The lowest BCUT2D eigenvalue weighted by molar-refractivity contribution is -0.0504. The lowest BCUT2D eigenvalue weighted by Gasteiger charge is -2.16. The molecular weight excluding hydrogens is 455 g/mol. The molecule has 0 aliphatic carbocycles. The molecule has 13 nitrogen and oxygen atoms in total. The summed E-state index contributed by atoms with van der Waals surface area (Å²) in [7, 11) is -4.72. The fourth-order valence-corrected chi connectivity index (χ4v) is 3.65. The van der Waals surface area contributed by atoms with Crippen molar-refractivity contribution in [3.8, 4) is 0 Å². The molecule has 1 aromatic carbocycles. The molecule has 2 aromatic heterocycles. The normalized spacial score (nSPS) is 23.8. The van der Waals surface area contributed by atoms with E-state index in [0.29, 0.717) is 5.52 Å². The summed E-state index contributed by atoms with van der Waals surface area (Å²) in [5, 5.41) is 20.1. The number of aliphatic hydroxyl groups is 2. The van der Waals surface area contributed by atoms with E-state index in [9.17, 15) is 14.8 Å². The first-order valence-corrected chi connectivity index (χ1v) is 11.5. The Bertz CT molecular complexity index is 1090. The lowest BCUT2D eigenvalue weighted by Crippen LogP contribution is -2.33. The van der Waals surface area contributed by atoms with Gasteiger partial charge in [-0.2, -0.15) is 0 Å². The monoisotopic (exact) mass is 482 g/mol. The van der Waals surface area contributed by atoms with Crippen LogP contribution in [0.3, 0.4) is 0 Å². The van der Waals surface area contributed by atoms with Gasteiger partial charge < -0.3 is 36.2 Å². The van der Waals surface area contributed by atoms with Gasteiger partial charge in [0.1, 0.15) is 30.2 Å². The Morgan fingerprint density at radius 2 is 1.88 bits per heavy atom. The standard InChI is InChI=1S/C10H14N5O7P.C9H13N/c11-8-5-9(13-2-12-8)15(3-14-5)10-7(17)6(16)4(22-10)1-21-23(18,19)20;1-8(10)7-9-5-3-2-4-6-9/h2-4,6-7,10,16-17H,1H2,(H2,11,12,13)(H2,18,19,20);2-6,8H,7,10H2,1H3/t4-,6-,7-,10-;/m1./s1. The van der Waals surface area contributed by atoms with Gasteiger partial charge in [-0.05, 0) is 18.9 Å². The van der Waals surface area contributed by atoms with E-state index < -0.39 is 39.0 Å². The third-order valence-electron chi connectivity index (χ3n) is 4.81. The SMILES string of the molecule is CC(N)Cc1ccccc1.Nc1ncnc2c1ncn2[C@@H]1O[C@H](COP(=O)(O)O)[C@@H](O)[C@H]1O. The van der Waals surface area contributed by atoms with Crippen molar-refractivity contribution in [1.29, 1.82) is 0 Å². The summed E-state index contributed by atoms with van der Waals surface area (Å²) in [4.78, 5) is 29.2. The van der Waals surface area contributed by atoms with E-state index >= 15 is 0 Å². The molecule has 14 heteroatoms. The zero-order valence-electron chi connectivity index (χ0n) is 17.7. The summed E-state index contributed by atoms with van der Waals surface area (Å²) < 4.78 is 21.8. The number of nitrogen functional groups attached to an aromatic ring is 1. The largest absolute Gasteiger partial charge is 0.469 e. The van der Waals surface area contributed by atoms with Crippen LogP contribution in [-0.4, -0.2) is 70.5 Å². The topological polar surface area (TPSA) is 212 Å². The number of anilines is 1. The van der Waals surface area contributed by atoms with Crippen molar-refractivity contribution >= 4 is 24.8 Å². The number of nitrogens with two attached hydrogens (primary N) is 2. The molecule has 0 saturated carbocycles. The quantitative estimate of drug-likeness (QED) is 0.250. The van der Waals surface area contributed by atoms with Gasteiger partial charge in [0.15, 0.2) is 17.7 Å². The number of imidazole rings is 1. The zero-order chi connectivity index (χ0) is 24.2. The first-order chi connectivity index (χ1) is 15.6. The van der Waals surface area contributed by atoms with Gasteiger partial charge >= 0.3 is 7.82 Å². The number of rotatable bonds is 6. The van der Waals surface area contributed by atoms with E-state index in [1.807, 2.05) is 25.1 Å². The van der Waals surface area contributed by atoms with Crippen LogP contribution >= 0.6 is 7.82 Å². The van der Waals surface area contributed by atoms with Crippen molar-refractivity contribution in [2.75, 3.05) is 12.3 Å². The van der Waals surface area contributed by atoms with Crippen LogP contribution in [-0.2, 0) is 20.2 Å². The minimum Gasteiger partial charge on any atom is -0.387 e. The average molecular weight is 482 g/mol. The molecule has 5 atom stereocenters. The van der Waals surface area contributed by atoms with Crippen molar-refractivity contribution in [2.24, 2.45) is 5.73 Å². The van der Waals surface area contributed by atoms with Crippen molar-refractivity contribution in [3.05, 3.63) is 48.5 Å². The maximum atomic E-state index is 10.7. The Morgan fingerprint density at radius 1 is 1.18 bits per heavy atom. The van der Waals surface area contributed by atoms with Crippen molar-refractivity contribution in [3.63, 3.8) is 0 Å². The molecule has 3 aromatic rings. The van der Waals surface area contributed by atoms with Gasteiger partial charge in [0.25, 0.3) is 0 Å². The number of nitrogens with zero attached hydrogens (tertiary/aromatic N) is 4. The maximum absolute atomic E-state index is 10.7. The highest BCUT2D eigenvalue weighted by Gasteiger charge is 2.45. The molecule has 0 spiro atoms. The predicted molar refractivity (Wildman–Crippen MR) is 117 cm³/mol. The maximum Gasteiger partial charge on any atom is 0.469 e. The van der Waals surface area contributed by atoms with Crippen LogP contribution in [0.2, 0.25) is 0 Å². The molecule has 0 amide bonds. The summed E-state index contributed by atoms with van der Waals surface area (Å²) in [6, 6.07) is 10.6. The van der Waals surface area contributed by atoms with Gasteiger partial charge in [-0.3, -0.25) is 9.09 Å². The van der Waals surface area contributed by atoms with Crippen LogP contribution in [0.1, 0.15) is 18.7 Å². The van der Waals surface area contributed by atoms with Gasteiger partial charge in [-0.15, -0.1) is 0 Å².